The highest BCUT2D eigenvalue weighted by Gasteiger charge is 2.45. The van der Waals surface area contributed by atoms with Gasteiger partial charge in [0.15, 0.2) is 5.79 Å². The van der Waals surface area contributed by atoms with E-state index in [1.54, 1.807) is 13.8 Å². The molecule has 8 nitrogen and oxygen atoms in total. The smallest absolute Gasteiger partial charge is 0.308 e. The van der Waals surface area contributed by atoms with Crippen molar-refractivity contribution >= 4 is 17.8 Å². The highest BCUT2D eigenvalue weighted by Crippen LogP contribution is 2.34. The number of carboxylic acids is 1. The fourth-order valence-electron chi connectivity index (χ4n) is 4.21. The Balaban J connectivity index is 2.22. The third kappa shape index (κ3) is 13.3. The minimum Gasteiger partial charge on any atom is -0.481 e. The monoisotopic (exact) mass is 498 g/mol. The highest BCUT2D eigenvalue weighted by molar-refractivity contribution is 5.82. The van der Waals surface area contributed by atoms with E-state index in [1.165, 1.54) is 44.9 Å². The molecule has 204 valence electrons. The lowest BCUT2D eigenvalue weighted by atomic mass is 9.85. The van der Waals surface area contributed by atoms with Gasteiger partial charge >= 0.3 is 5.97 Å². The molecular formula is C27H50N2O6. The van der Waals surface area contributed by atoms with E-state index >= 15 is 0 Å². The average Bonchev–Trinajstić information content (AvgIpc) is 2.78. The van der Waals surface area contributed by atoms with Crippen LogP contribution in [0.2, 0.25) is 0 Å². The molecule has 0 aromatic heterocycles. The molecule has 0 aliphatic carbocycles. The number of hydrogen-bond donors (Lipinski definition) is 3. The summed E-state index contributed by atoms with van der Waals surface area (Å²) in [6.07, 6.45) is 11.6. The second-order valence-electron chi connectivity index (χ2n) is 11.0. The zero-order valence-electron chi connectivity index (χ0n) is 22.7. The molecule has 0 aromatic carbocycles. The van der Waals surface area contributed by atoms with Gasteiger partial charge in [0.1, 0.15) is 6.10 Å². The average molecular weight is 499 g/mol. The molecule has 1 aliphatic rings. The number of nitrogens with one attached hydrogen (secondary N) is 2. The summed E-state index contributed by atoms with van der Waals surface area (Å²) >= 11 is 0. The van der Waals surface area contributed by atoms with Crippen LogP contribution < -0.4 is 10.6 Å². The first-order valence-corrected chi connectivity index (χ1v) is 13.6. The van der Waals surface area contributed by atoms with Gasteiger partial charge in [-0.15, -0.1) is 0 Å². The Hall–Kier alpha value is -1.67. The van der Waals surface area contributed by atoms with E-state index in [9.17, 15) is 19.5 Å². The predicted molar refractivity (Wildman–Crippen MR) is 137 cm³/mol. The topological polar surface area (TPSA) is 114 Å². The maximum Gasteiger partial charge on any atom is 0.308 e. The fraction of sp³-hybridized carbons (Fsp3) is 0.889. The van der Waals surface area contributed by atoms with Gasteiger partial charge in [-0.2, -0.15) is 0 Å². The molecule has 35 heavy (non-hydrogen) atoms. The first kappa shape index (κ1) is 31.4. The summed E-state index contributed by atoms with van der Waals surface area (Å²) in [6, 6.07) is 0. The lowest BCUT2D eigenvalue weighted by Gasteiger charge is -2.44. The van der Waals surface area contributed by atoms with Crippen molar-refractivity contribution < 1.29 is 29.0 Å². The van der Waals surface area contributed by atoms with Gasteiger partial charge in [0.25, 0.3) is 0 Å². The molecule has 1 rings (SSSR count). The molecule has 0 saturated carbocycles. The van der Waals surface area contributed by atoms with Crippen molar-refractivity contribution in [2.45, 2.75) is 124 Å². The predicted octanol–water partition coefficient (Wildman–Crippen LogP) is 4.80. The molecule has 3 N–H and O–H groups in total. The lowest BCUT2D eigenvalue weighted by Crippen LogP contribution is -2.57. The van der Waals surface area contributed by atoms with Crippen LogP contribution in [0.1, 0.15) is 112 Å². The number of amides is 2. The van der Waals surface area contributed by atoms with E-state index in [1.807, 2.05) is 13.8 Å². The number of unbranched alkanes of at least 4 members (excludes halogenated alkanes) is 8. The van der Waals surface area contributed by atoms with Crippen molar-refractivity contribution in [1.29, 1.82) is 0 Å². The molecule has 1 saturated heterocycles. The number of carbonyl (C=O) groups excluding carboxylic acids is 2. The summed E-state index contributed by atoms with van der Waals surface area (Å²) < 4.78 is 11.4. The Morgan fingerprint density at radius 1 is 0.914 bits per heavy atom. The minimum absolute atomic E-state index is 0.0228. The minimum atomic E-state index is -0.959. The van der Waals surface area contributed by atoms with Gasteiger partial charge in [-0.25, -0.2) is 0 Å². The van der Waals surface area contributed by atoms with Crippen molar-refractivity contribution in [3.8, 4) is 0 Å². The molecule has 1 heterocycles. The second-order valence-corrected chi connectivity index (χ2v) is 11.0. The Bertz CT molecular complexity index is 650. The number of carbonyl (C=O) groups is 3. The van der Waals surface area contributed by atoms with Gasteiger partial charge < -0.3 is 25.2 Å². The molecule has 0 radical (unpaired) electrons. The first-order chi connectivity index (χ1) is 16.5. The number of carboxylic acid groups (broad SMARTS) is 1. The van der Waals surface area contributed by atoms with Crippen molar-refractivity contribution in [2.24, 2.45) is 11.3 Å². The molecule has 2 amide bonds. The number of ether oxygens (including phenoxy) is 2. The molecule has 1 aliphatic heterocycles. The maximum absolute atomic E-state index is 12.7. The van der Waals surface area contributed by atoms with Crippen molar-refractivity contribution in [1.82, 2.24) is 10.6 Å². The summed E-state index contributed by atoms with van der Waals surface area (Å²) in [7, 11) is 0. The van der Waals surface area contributed by atoms with Gasteiger partial charge in [0.05, 0.1) is 12.5 Å². The Morgan fingerprint density at radius 3 is 2.11 bits per heavy atom. The number of aliphatic carboxylic acids is 1. The van der Waals surface area contributed by atoms with Gasteiger partial charge in [-0.05, 0) is 33.1 Å². The quantitative estimate of drug-likeness (QED) is 0.234. The van der Waals surface area contributed by atoms with E-state index < -0.39 is 29.2 Å². The van der Waals surface area contributed by atoms with Crippen LogP contribution in [0.4, 0.5) is 0 Å². The second kappa shape index (κ2) is 16.1. The summed E-state index contributed by atoms with van der Waals surface area (Å²) in [5, 5.41) is 15.2. The van der Waals surface area contributed by atoms with E-state index in [0.29, 0.717) is 32.4 Å². The third-order valence-electron chi connectivity index (χ3n) is 6.57. The number of hydrogen-bond acceptors (Lipinski definition) is 5. The molecule has 0 aromatic rings. The number of rotatable bonds is 18. The van der Waals surface area contributed by atoms with Crippen LogP contribution in [-0.2, 0) is 23.9 Å². The van der Waals surface area contributed by atoms with Crippen LogP contribution in [0, 0.1) is 11.3 Å². The largest absolute Gasteiger partial charge is 0.481 e. The van der Waals surface area contributed by atoms with Crippen LogP contribution in [0.25, 0.3) is 0 Å². The Kier molecular flexibility index (Phi) is 14.5. The zero-order chi connectivity index (χ0) is 26.3. The van der Waals surface area contributed by atoms with E-state index in [2.05, 4.69) is 17.6 Å². The first-order valence-electron chi connectivity index (χ1n) is 13.6. The van der Waals surface area contributed by atoms with Gasteiger partial charge in [-0.1, -0.05) is 72.1 Å². The summed E-state index contributed by atoms with van der Waals surface area (Å²) in [5.41, 5.74) is -0.517. The summed E-state index contributed by atoms with van der Waals surface area (Å²) in [5.74, 6) is -2.85. The molecular weight excluding hydrogens is 448 g/mol. The van der Waals surface area contributed by atoms with E-state index in [-0.39, 0.29) is 18.4 Å². The van der Waals surface area contributed by atoms with Crippen LogP contribution in [-0.4, -0.2) is 54.5 Å². The van der Waals surface area contributed by atoms with Crippen LogP contribution in [0.5, 0.6) is 0 Å². The van der Waals surface area contributed by atoms with Gasteiger partial charge in [0, 0.05) is 24.9 Å². The van der Waals surface area contributed by atoms with Crippen molar-refractivity contribution in [3.05, 3.63) is 0 Å². The van der Waals surface area contributed by atoms with Crippen molar-refractivity contribution in [3.63, 3.8) is 0 Å². The maximum atomic E-state index is 12.7. The van der Waals surface area contributed by atoms with Gasteiger partial charge in [0.2, 0.25) is 11.8 Å². The van der Waals surface area contributed by atoms with Gasteiger partial charge in [-0.3, -0.25) is 14.4 Å². The molecule has 2 unspecified atom stereocenters. The summed E-state index contributed by atoms with van der Waals surface area (Å²) in [4.78, 5) is 36.4. The van der Waals surface area contributed by atoms with Crippen LogP contribution in [0.3, 0.4) is 0 Å². The fourth-order valence-corrected chi connectivity index (χ4v) is 4.21. The Morgan fingerprint density at radius 2 is 1.51 bits per heavy atom. The van der Waals surface area contributed by atoms with E-state index in [0.717, 1.165) is 12.8 Å². The lowest BCUT2D eigenvalue weighted by molar-refractivity contribution is -0.304. The van der Waals surface area contributed by atoms with Crippen molar-refractivity contribution in [2.75, 3.05) is 19.7 Å². The molecule has 2 atom stereocenters. The highest BCUT2D eigenvalue weighted by atomic mass is 16.7. The molecule has 0 bridgehead atoms. The third-order valence-corrected chi connectivity index (χ3v) is 6.57. The summed E-state index contributed by atoms with van der Waals surface area (Å²) in [6.45, 7) is 10.4. The SMILES string of the molecule is CCCCCCCCCCCC(=O)NCCCC(CNC(=O)C1OC(C)(C)OCC1(C)C)C(=O)O. The Labute approximate surface area is 212 Å². The van der Waals surface area contributed by atoms with E-state index in [4.69, 9.17) is 9.47 Å². The van der Waals surface area contributed by atoms with Crippen LogP contribution in [0.15, 0.2) is 0 Å². The zero-order valence-corrected chi connectivity index (χ0v) is 22.7. The normalized spacial score (nSPS) is 19.6. The molecule has 1 fully saturated rings. The van der Waals surface area contributed by atoms with Crippen LogP contribution >= 0.6 is 0 Å². The molecule has 0 spiro atoms. The molecule has 8 heteroatoms. The standard InChI is InChI=1S/C27H50N2O6/c1-6-7-8-9-10-11-12-13-14-17-22(30)28-18-15-16-21(25(32)33)19-29-24(31)23-26(2,3)20-34-27(4,5)35-23/h21,23H,6-20H2,1-5H3,(H,28,30)(H,29,31)(H,32,33).